The molecule has 17 heavy (non-hydrogen) atoms. The van der Waals surface area contributed by atoms with Gasteiger partial charge in [-0.3, -0.25) is 0 Å². The molecule has 1 unspecified atom stereocenters. The molecule has 0 aliphatic rings. The fraction of sp³-hybridized carbons (Fsp3) is 0.286. The van der Waals surface area contributed by atoms with Gasteiger partial charge in [-0.1, -0.05) is 23.8 Å². The largest absolute Gasteiger partial charge is 0.453 e. The number of furan rings is 1. The van der Waals surface area contributed by atoms with E-state index in [4.69, 9.17) is 16.0 Å². The van der Waals surface area contributed by atoms with Crippen LogP contribution in [-0.2, 0) is 0 Å². The first-order chi connectivity index (χ1) is 8.13. The Kier molecular flexibility index (Phi) is 3.55. The van der Waals surface area contributed by atoms with Crippen LogP contribution in [-0.4, -0.2) is 7.05 Å². The van der Waals surface area contributed by atoms with Crippen LogP contribution in [0.15, 0.2) is 34.9 Å². The standard InChI is InChI=1S/C14H16ClNO/c1-9-4-5-10(2)12(8-9)13(16-3)11-6-7-17-14(11)15/h4-8,13,16H,1-3H3. The molecule has 0 aliphatic heterocycles. The summed E-state index contributed by atoms with van der Waals surface area (Å²) in [5, 5.41) is 3.73. The molecule has 2 rings (SSSR count). The molecule has 0 radical (unpaired) electrons. The molecule has 1 aromatic heterocycles. The van der Waals surface area contributed by atoms with Crippen molar-refractivity contribution in [3.05, 3.63) is 58.0 Å². The summed E-state index contributed by atoms with van der Waals surface area (Å²) in [6.45, 7) is 4.19. The molecule has 0 fully saturated rings. The van der Waals surface area contributed by atoms with E-state index < -0.39 is 0 Å². The van der Waals surface area contributed by atoms with Crippen molar-refractivity contribution in [1.29, 1.82) is 0 Å². The second kappa shape index (κ2) is 4.94. The zero-order chi connectivity index (χ0) is 12.4. The monoisotopic (exact) mass is 249 g/mol. The van der Waals surface area contributed by atoms with Crippen LogP contribution < -0.4 is 5.32 Å². The lowest BCUT2D eigenvalue weighted by molar-refractivity contribution is 0.559. The minimum atomic E-state index is 0.0705. The molecule has 1 atom stereocenters. The minimum Gasteiger partial charge on any atom is -0.453 e. The van der Waals surface area contributed by atoms with Crippen LogP contribution in [0, 0.1) is 13.8 Å². The molecule has 2 nitrogen and oxygen atoms in total. The van der Waals surface area contributed by atoms with Crippen LogP contribution in [0.4, 0.5) is 0 Å². The molecule has 1 aromatic carbocycles. The third kappa shape index (κ3) is 2.38. The topological polar surface area (TPSA) is 25.2 Å². The third-order valence-corrected chi connectivity index (χ3v) is 3.30. The van der Waals surface area contributed by atoms with Crippen LogP contribution in [0.1, 0.15) is 28.3 Å². The first-order valence-electron chi connectivity index (χ1n) is 5.60. The average Bonchev–Trinajstić information content (AvgIpc) is 2.71. The summed E-state index contributed by atoms with van der Waals surface area (Å²) < 4.78 is 5.16. The summed E-state index contributed by atoms with van der Waals surface area (Å²) in [6.07, 6.45) is 1.62. The molecule has 0 amide bonds. The van der Waals surface area contributed by atoms with Crippen molar-refractivity contribution in [3.63, 3.8) is 0 Å². The Morgan fingerprint density at radius 2 is 1.94 bits per heavy atom. The first-order valence-corrected chi connectivity index (χ1v) is 5.98. The number of aryl methyl sites for hydroxylation is 2. The Labute approximate surface area is 107 Å². The van der Waals surface area contributed by atoms with Crippen molar-refractivity contribution in [1.82, 2.24) is 5.32 Å². The molecule has 0 saturated heterocycles. The lowest BCUT2D eigenvalue weighted by Gasteiger charge is -2.18. The van der Waals surface area contributed by atoms with E-state index in [0.29, 0.717) is 5.22 Å². The van der Waals surface area contributed by atoms with Crippen molar-refractivity contribution in [3.8, 4) is 0 Å². The van der Waals surface area contributed by atoms with Crippen LogP contribution in [0.25, 0.3) is 0 Å². The molecule has 90 valence electrons. The van der Waals surface area contributed by atoms with Crippen LogP contribution in [0.3, 0.4) is 0 Å². The molecule has 1 N–H and O–H groups in total. The second-order valence-electron chi connectivity index (χ2n) is 4.23. The Hall–Kier alpha value is -1.25. The van der Waals surface area contributed by atoms with E-state index in [1.54, 1.807) is 6.26 Å². The SMILES string of the molecule is CNC(c1cc(C)ccc1C)c1ccoc1Cl. The van der Waals surface area contributed by atoms with Crippen molar-refractivity contribution in [2.75, 3.05) is 7.05 Å². The van der Waals surface area contributed by atoms with E-state index in [1.165, 1.54) is 16.7 Å². The van der Waals surface area contributed by atoms with Crippen molar-refractivity contribution < 1.29 is 4.42 Å². The summed E-state index contributed by atoms with van der Waals surface area (Å²) in [5.41, 5.74) is 4.69. The predicted molar refractivity (Wildman–Crippen MR) is 70.5 cm³/mol. The molecule has 1 heterocycles. The van der Waals surface area contributed by atoms with Gasteiger partial charge < -0.3 is 9.73 Å². The highest BCUT2D eigenvalue weighted by Gasteiger charge is 2.18. The highest BCUT2D eigenvalue weighted by Crippen LogP contribution is 2.31. The summed E-state index contributed by atoms with van der Waals surface area (Å²) in [5.74, 6) is 0. The van der Waals surface area contributed by atoms with Gasteiger partial charge in [0.2, 0.25) is 0 Å². The van der Waals surface area contributed by atoms with Gasteiger partial charge in [-0.2, -0.15) is 0 Å². The van der Waals surface area contributed by atoms with Gasteiger partial charge in [0.05, 0.1) is 12.3 Å². The molecule has 0 spiro atoms. The maximum Gasteiger partial charge on any atom is 0.198 e. The van der Waals surface area contributed by atoms with Gasteiger partial charge >= 0.3 is 0 Å². The second-order valence-corrected chi connectivity index (χ2v) is 4.57. The first kappa shape index (κ1) is 12.2. The molecule has 0 bridgehead atoms. The quantitative estimate of drug-likeness (QED) is 0.894. The Bertz CT molecular complexity index is 519. The minimum absolute atomic E-state index is 0.0705. The maximum atomic E-state index is 6.05. The van der Waals surface area contributed by atoms with E-state index in [2.05, 4.69) is 37.4 Å². The van der Waals surface area contributed by atoms with Gasteiger partial charge in [-0.15, -0.1) is 0 Å². The van der Waals surface area contributed by atoms with Gasteiger partial charge in [0, 0.05) is 5.56 Å². The van der Waals surface area contributed by atoms with Gasteiger partial charge in [0.1, 0.15) is 0 Å². The van der Waals surface area contributed by atoms with E-state index in [0.717, 1.165) is 5.56 Å². The molecule has 2 aromatic rings. The summed E-state index contributed by atoms with van der Waals surface area (Å²) in [4.78, 5) is 0. The smallest absolute Gasteiger partial charge is 0.198 e. The van der Waals surface area contributed by atoms with Crippen molar-refractivity contribution >= 4 is 11.6 Å². The Balaban J connectivity index is 2.49. The van der Waals surface area contributed by atoms with Crippen LogP contribution in [0.5, 0.6) is 0 Å². The van der Waals surface area contributed by atoms with Crippen molar-refractivity contribution in [2.45, 2.75) is 19.9 Å². The van der Waals surface area contributed by atoms with Gasteiger partial charge in [-0.25, -0.2) is 0 Å². The van der Waals surface area contributed by atoms with Crippen LogP contribution >= 0.6 is 11.6 Å². The Morgan fingerprint density at radius 1 is 1.18 bits per heavy atom. The lowest BCUT2D eigenvalue weighted by atomic mass is 9.95. The van der Waals surface area contributed by atoms with E-state index in [-0.39, 0.29) is 6.04 Å². The van der Waals surface area contributed by atoms with Crippen LogP contribution in [0.2, 0.25) is 5.22 Å². The highest BCUT2D eigenvalue weighted by molar-refractivity contribution is 6.29. The fourth-order valence-corrected chi connectivity index (χ4v) is 2.28. The number of rotatable bonds is 3. The predicted octanol–water partition coefficient (Wildman–Crippen LogP) is 3.86. The summed E-state index contributed by atoms with van der Waals surface area (Å²) in [7, 11) is 1.93. The molecule has 0 saturated carbocycles. The zero-order valence-corrected chi connectivity index (χ0v) is 11.0. The van der Waals surface area contributed by atoms with Gasteiger partial charge in [-0.05, 0) is 49.7 Å². The Morgan fingerprint density at radius 3 is 2.53 bits per heavy atom. The number of benzene rings is 1. The van der Waals surface area contributed by atoms with E-state index in [9.17, 15) is 0 Å². The maximum absolute atomic E-state index is 6.05. The van der Waals surface area contributed by atoms with E-state index >= 15 is 0 Å². The van der Waals surface area contributed by atoms with Gasteiger partial charge in [0.15, 0.2) is 5.22 Å². The average molecular weight is 250 g/mol. The van der Waals surface area contributed by atoms with E-state index in [1.807, 2.05) is 13.1 Å². The summed E-state index contributed by atoms with van der Waals surface area (Å²) in [6, 6.07) is 8.40. The summed E-state index contributed by atoms with van der Waals surface area (Å²) >= 11 is 6.05. The fourth-order valence-electron chi connectivity index (χ4n) is 2.06. The normalized spacial score (nSPS) is 12.7. The van der Waals surface area contributed by atoms with Crippen molar-refractivity contribution in [2.24, 2.45) is 0 Å². The number of hydrogen-bond donors (Lipinski definition) is 1. The zero-order valence-electron chi connectivity index (χ0n) is 10.3. The number of nitrogens with one attached hydrogen (secondary N) is 1. The third-order valence-electron chi connectivity index (χ3n) is 2.99. The molecule has 3 heteroatoms. The molecular weight excluding hydrogens is 234 g/mol. The van der Waals surface area contributed by atoms with Gasteiger partial charge in [0.25, 0.3) is 0 Å². The number of hydrogen-bond acceptors (Lipinski definition) is 2. The lowest BCUT2D eigenvalue weighted by Crippen LogP contribution is -2.18. The molecule has 0 aliphatic carbocycles. The molecular formula is C14H16ClNO. The highest BCUT2D eigenvalue weighted by atomic mass is 35.5. The number of halogens is 1.